The Balaban J connectivity index is 2.42. The van der Waals surface area contributed by atoms with E-state index in [2.05, 4.69) is 30.7 Å². The smallest absolute Gasteiger partial charge is 0.0948 e. The fraction of sp³-hybridized carbons (Fsp3) is 0.417. The molecule has 86 valence electrons. The van der Waals surface area contributed by atoms with E-state index in [9.17, 15) is 0 Å². The maximum atomic E-state index is 5.58. The molecule has 16 heavy (non-hydrogen) atoms. The van der Waals surface area contributed by atoms with Crippen LogP contribution in [0.1, 0.15) is 29.7 Å². The van der Waals surface area contributed by atoms with Crippen molar-refractivity contribution in [2.24, 2.45) is 5.73 Å². The van der Waals surface area contributed by atoms with Gasteiger partial charge in [0.15, 0.2) is 0 Å². The highest BCUT2D eigenvalue weighted by atomic mass is 32.1. The summed E-state index contributed by atoms with van der Waals surface area (Å²) in [5, 5.41) is 5.42. The summed E-state index contributed by atoms with van der Waals surface area (Å²) in [6.07, 6.45) is 0.883. The minimum atomic E-state index is 0.527. The summed E-state index contributed by atoms with van der Waals surface area (Å²) in [4.78, 5) is 6.09. The molecular weight excluding hydrogens is 236 g/mol. The first-order valence-electron chi connectivity index (χ1n) is 5.44. The second-order valence-electron chi connectivity index (χ2n) is 4.03. The van der Waals surface area contributed by atoms with E-state index in [1.54, 1.807) is 22.7 Å². The SMILES string of the molecule is CC(C)c1sc(CCN)nc1-c1ccsc1. The van der Waals surface area contributed by atoms with Gasteiger partial charge in [0, 0.05) is 22.2 Å². The van der Waals surface area contributed by atoms with E-state index in [-0.39, 0.29) is 0 Å². The topological polar surface area (TPSA) is 38.9 Å². The van der Waals surface area contributed by atoms with E-state index in [4.69, 9.17) is 10.7 Å². The Morgan fingerprint density at radius 2 is 2.25 bits per heavy atom. The van der Waals surface area contributed by atoms with Gasteiger partial charge >= 0.3 is 0 Å². The number of rotatable bonds is 4. The number of aromatic nitrogens is 1. The van der Waals surface area contributed by atoms with Gasteiger partial charge in [0.05, 0.1) is 10.7 Å². The van der Waals surface area contributed by atoms with Crippen LogP contribution in [0.2, 0.25) is 0 Å². The van der Waals surface area contributed by atoms with Gasteiger partial charge in [-0.15, -0.1) is 11.3 Å². The van der Waals surface area contributed by atoms with Crippen molar-refractivity contribution >= 4 is 22.7 Å². The van der Waals surface area contributed by atoms with E-state index in [0.717, 1.165) is 17.1 Å². The quantitative estimate of drug-likeness (QED) is 0.904. The van der Waals surface area contributed by atoms with Crippen LogP contribution < -0.4 is 5.73 Å². The Bertz CT molecular complexity index is 444. The van der Waals surface area contributed by atoms with E-state index >= 15 is 0 Å². The molecule has 0 aliphatic carbocycles. The van der Waals surface area contributed by atoms with Crippen LogP contribution in [0.5, 0.6) is 0 Å². The van der Waals surface area contributed by atoms with Gasteiger partial charge in [-0.05, 0) is 23.9 Å². The Morgan fingerprint density at radius 3 is 2.81 bits per heavy atom. The summed E-state index contributed by atoms with van der Waals surface area (Å²) < 4.78 is 0. The lowest BCUT2D eigenvalue weighted by Gasteiger charge is -2.02. The summed E-state index contributed by atoms with van der Waals surface area (Å²) in [7, 11) is 0. The molecule has 2 nitrogen and oxygen atoms in total. The van der Waals surface area contributed by atoms with Gasteiger partial charge in [0.2, 0.25) is 0 Å². The highest BCUT2D eigenvalue weighted by molar-refractivity contribution is 7.12. The Kier molecular flexibility index (Phi) is 3.74. The van der Waals surface area contributed by atoms with Crippen LogP contribution in [0.3, 0.4) is 0 Å². The summed E-state index contributed by atoms with van der Waals surface area (Å²) >= 11 is 3.52. The molecule has 0 radical (unpaired) electrons. The van der Waals surface area contributed by atoms with Crippen LogP contribution >= 0.6 is 22.7 Å². The van der Waals surface area contributed by atoms with Crippen LogP contribution in [0.4, 0.5) is 0 Å². The van der Waals surface area contributed by atoms with Crippen molar-refractivity contribution in [3.63, 3.8) is 0 Å². The third-order valence-electron chi connectivity index (χ3n) is 2.37. The molecule has 0 saturated heterocycles. The highest BCUT2D eigenvalue weighted by Crippen LogP contribution is 2.34. The standard InChI is InChI=1S/C12H16N2S2/c1-8(2)12-11(9-4-6-15-7-9)14-10(16-12)3-5-13/h4,6-8H,3,5,13H2,1-2H3. The molecule has 0 spiro atoms. The Labute approximate surface area is 104 Å². The van der Waals surface area contributed by atoms with Crippen molar-refractivity contribution in [3.05, 3.63) is 26.7 Å². The maximum absolute atomic E-state index is 5.58. The van der Waals surface area contributed by atoms with Crippen molar-refractivity contribution < 1.29 is 0 Å². The first kappa shape index (κ1) is 11.8. The third kappa shape index (κ3) is 2.34. The third-order valence-corrected chi connectivity index (χ3v) is 4.47. The monoisotopic (exact) mass is 252 g/mol. The Morgan fingerprint density at radius 1 is 1.44 bits per heavy atom. The first-order valence-corrected chi connectivity index (χ1v) is 7.20. The number of thiazole rings is 1. The predicted molar refractivity (Wildman–Crippen MR) is 72.3 cm³/mol. The minimum Gasteiger partial charge on any atom is -0.330 e. The summed E-state index contributed by atoms with van der Waals surface area (Å²) in [6, 6.07) is 2.14. The molecule has 0 aromatic carbocycles. The normalized spacial score (nSPS) is 11.2. The minimum absolute atomic E-state index is 0.527. The van der Waals surface area contributed by atoms with E-state index in [0.29, 0.717) is 12.5 Å². The molecule has 0 unspecified atom stereocenters. The van der Waals surface area contributed by atoms with Crippen LogP contribution in [-0.2, 0) is 6.42 Å². The molecule has 2 N–H and O–H groups in total. The lowest BCUT2D eigenvalue weighted by molar-refractivity contribution is 0.887. The molecule has 0 fully saturated rings. The molecule has 2 rings (SSSR count). The maximum Gasteiger partial charge on any atom is 0.0948 e. The highest BCUT2D eigenvalue weighted by Gasteiger charge is 2.15. The zero-order valence-corrected chi connectivity index (χ0v) is 11.2. The second-order valence-corrected chi connectivity index (χ2v) is 5.92. The number of hydrogen-bond donors (Lipinski definition) is 1. The van der Waals surface area contributed by atoms with Gasteiger partial charge in [-0.3, -0.25) is 0 Å². The van der Waals surface area contributed by atoms with Gasteiger partial charge in [-0.1, -0.05) is 13.8 Å². The number of hydrogen-bond acceptors (Lipinski definition) is 4. The zero-order valence-electron chi connectivity index (χ0n) is 9.56. The molecule has 2 aromatic rings. The number of nitrogens with zero attached hydrogens (tertiary/aromatic N) is 1. The molecule has 2 aromatic heterocycles. The van der Waals surface area contributed by atoms with Crippen molar-refractivity contribution in [3.8, 4) is 11.3 Å². The second kappa shape index (κ2) is 5.08. The van der Waals surface area contributed by atoms with Gasteiger partial charge in [-0.2, -0.15) is 11.3 Å². The lowest BCUT2D eigenvalue weighted by atomic mass is 10.1. The Hall–Kier alpha value is -0.710. The zero-order chi connectivity index (χ0) is 11.5. The lowest BCUT2D eigenvalue weighted by Crippen LogP contribution is -2.01. The molecule has 4 heteroatoms. The average molecular weight is 252 g/mol. The number of nitrogens with two attached hydrogens (primary N) is 1. The largest absolute Gasteiger partial charge is 0.330 e. The van der Waals surface area contributed by atoms with Crippen LogP contribution in [-0.4, -0.2) is 11.5 Å². The van der Waals surface area contributed by atoms with Crippen molar-refractivity contribution in [1.82, 2.24) is 4.98 Å². The fourth-order valence-corrected chi connectivity index (χ4v) is 3.35. The van der Waals surface area contributed by atoms with Crippen LogP contribution in [0.15, 0.2) is 16.8 Å². The molecule has 0 atom stereocenters. The van der Waals surface area contributed by atoms with E-state index in [1.165, 1.54) is 10.4 Å². The van der Waals surface area contributed by atoms with Gasteiger partial charge in [0.1, 0.15) is 0 Å². The van der Waals surface area contributed by atoms with Crippen LogP contribution in [0, 0.1) is 0 Å². The van der Waals surface area contributed by atoms with Crippen molar-refractivity contribution in [2.75, 3.05) is 6.54 Å². The first-order chi connectivity index (χ1) is 7.72. The summed E-state index contributed by atoms with van der Waals surface area (Å²) in [6.45, 7) is 5.11. The van der Waals surface area contributed by atoms with E-state index in [1.807, 2.05) is 0 Å². The number of thiophene rings is 1. The average Bonchev–Trinajstić information content (AvgIpc) is 2.83. The molecule has 0 saturated carbocycles. The molecule has 0 aliphatic rings. The molecule has 0 aliphatic heterocycles. The fourth-order valence-electron chi connectivity index (χ4n) is 1.61. The van der Waals surface area contributed by atoms with Crippen LogP contribution in [0.25, 0.3) is 11.3 Å². The molecule has 2 heterocycles. The van der Waals surface area contributed by atoms with Crippen molar-refractivity contribution in [1.29, 1.82) is 0 Å². The molecule has 0 amide bonds. The van der Waals surface area contributed by atoms with Gasteiger partial charge in [-0.25, -0.2) is 4.98 Å². The molecule has 0 bridgehead atoms. The van der Waals surface area contributed by atoms with Gasteiger partial charge in [0.25, 0.3) is 0 Å². The predicted octanol–water partition coefficient (Wildman–Crippen LogP) is 3.50. The van der Waals surface area contributed by atoms with Crippen molar-refractivity contribution in [2.45, 2.75) is 26.2 Å². The molecular formula is C12H16N2S2. The van der Waals surface area contributed by atoms with E-state index < -0.39 is 0 Å². The van der Waals surface area contributed by atoms with Gasteiger partial charge < -0.3 is 5.73 Å². The summed E-state index contributed by atoms with van der Waals surface area (Å²) in [5.74, 6) is 0.527. The summed E-state index contributed by atoms with van der Waals surface area (Å²) in [5.41, 5.74) is 7.98.